The van der Waals surface area contributed by atoms with E-state index in [1.165, 1.54) is 13.0 Å². The summed E-state index contributed by atoms with van der Waals surface area (Å²) in [4.78, 5) is 48.7. The van der Waals surface area contributed by atoms with Crippen molar-refractivity contribution in [2.24, 2.45) is 5.92 Å². The second kappa shape index (κ2) is 12.8. The molecule has 4 N–H and O–H groups in total. The van der Waals surface area contributed by atoms with Gasteiger partial charge in [-0.25, -0.2) is 4.79 Å². The van der Waals surface area contributed by atoms with Gasteiger partial charge in [-0.2, -0.15) is 0 Å². The molecule has 0 saturated carbocycles. The van der Waals surface area contributed by atoms with Gasteiger partial charge in [-0.3, -0.25) is 14.4 Å². The van der Waals surface area contributed by atoms with Gasteiger partial charge in [0.1, 0.15) is 30.8 Å². The molecule has 10 heteroatoms. The lowest BCUT2D eigenvalue weighted by Crippen LogP contribution is -2.59. The van der Waals surface area contributed by atoms with E-state index in [4.69, 9.17) is 9.47 Å². The van der Waals surface area contributed by atoms with Crippen molar-refractivity contribution in [3.05, 3.63) is 12.7 Å². The average Bonchev–Trinajstić information content (AvgIpc) is 2.64. The van der Waals surface area contributed by atoms with E-state index in [2.05, 4.69) is 22.5 Å². The Labute approximate surface area is 177 Å². The molecule has 0 aromatic rings. The lowest BCUT2D eigenvalue weighted by Gasteiger charge is -2.28. The van der Waals surface area contributed by atoms with Crippen LogP contribution < -0.4 is 16.0 Å². The summed E-state index contributed by atoms with van der Waals surface area (Å²) in [6, 6.07) is -2.33. The lowest BCUT2D eigenvalue weighted by molar-refractivity contribution is -0.143. The van der Waals surface area contributed by atoms with Crippen LogP contribution in [0.15, 0.2) is 12.7 Å². The summed E-state index contributed by atoms with van der Waals surface area (Å²) in [7, 11) is 0. The van der Waals surface area contributed by atoms with Crippen LogP contribution >= 0.6 is 0 Å². The standard InChI is InChI=1S/C20H35N3O7/c1-8-10-29-14(25)11-21-17(26)16(13(4)24)22-18(27)15(12(3)9-2)23-19(28)30-20(5,6)7/h8,12-13,15-16,24H,1,9-11H2,2-7H3,(H,21,26)(H,22,27)(H,23,28)/t12-,13-,15-,16-/m0/s1. The van der Waals surface area contributed by atoms with Gasteiger partial charge in [-0.15, -0.1) is 0 Å². The fourth-order valence-corrected chi connectivity index (χ4v) is 2.26. The van der Waals surface area contributed by atoms with Crippen molar-refractivity contribution >= 4 is 23.9 Å². The molecule has 0 saturated heterocycles. The highest BCUT2D eigenvalue weighted by Crippen LogP contribution is 2.12. The predicted molar refractivity (Wildman–Crippen MR) is 110 cm³/mol. The van der Waals surface area contributed by atoms with Crippen LogP contribution in [0.4, 0.5) is 4.79 Å². The van der Waals surface area contributed by atoms with Gasteiger partial charge in [-0.05, 0) is 33.6 Å². The normalized spacial score (nSPS) is 15.0. The van der Waals surface area contributed by atoms with Gasteiger partial charge in [-0.1, -0.05) is 32.9 Å². The molecule has 0 spiro atoms. The van der Waals surface area contributed by atoms with Crippen molar-refractivity contribution in [3.8, 4) is 0 Å². The number of amides is 3. The summed E-state index contributed by atoms with van der Waals surface area (Å²) in [6.45, 7) is 13.0. The number of carbonyl (C=O) groups is 4. The first-order valence-corrected chi connectivity index (χ1v) is 9.84. The molecule has 30 heavy (non-hydrogen) atoms. The maximum Gasteiger partial charge on any atom is 0.408 e. The Kier molecular flexibility index (Phi) is 11.7. The maximum atomic E-state index is 12.8. The highest BCUT2D eigenvalue weighted by molar-refractivity contribution is 5.92. The maximum absolute atomic E-state index is 12.8. The molecule has 0 aliphatic carbocycles. The first kappa shape index (κ1) is 27.4. The van der Waals surface area contributed by atoms with E-state index >= 15 is 0 Å². The molecular weight excluding hydrogens is 394 g/mol. The number of esters is 1. The average molecular weight is 430 g/mol. The van der Waals surface area contributed by atoms with E-state index < -0.39 is 54.2 Å². The number of ether oxygens (including phenoxy) is 2. The molecule has 0 aliphatic heterocycles. The summed E-state index contributed by atoms with van der Waals surface area (Å²) in [6.07, 6.45) is -0.0805. The number of hydrogen-bond donors (Lipinski definition) is 4. The molecule has 172 valence electrons. The first-order chi connectivity index (χ1) is 13.8. The Morgan fingerprint density at radius 2 is 1.67 bits per heavy atom. The number of aliphatic hydroxyl groups is 1. The van der Waals surface area contributed by atoms with E-state index in [1.54, 1.807) is 27.7 Å². The summed E-state index contributed by atoms with van der Waals surface area (Å²) < 4.78 is 9.94. The van der Waals surface area contributed by atoms with Crippen LogP contribution in [0.5, 0.6) is 0 Å². The number of rotatable bonds is 11. The van der Waals surface area contributed by atoms with Crippen molar-refractivity contribution in [2.75, 3.05) is 13.2 Å². The zero-order valence-electron chi connectivity index (χ0n) is 18.6. The fourth-order valence-electron chi connectivity index (χ4n) is 2.26. The van der Waals surface area contributed by atoms with E-state index in [0.29, 0.717) is 6.42 Å². The molecule has 3 amide bonds. The van der Waals surface area contributed by atoms with Gasteiger partial charge in [0.15, 0.2) is 0 Å². The Hall–Kier alpha value is -2.62. The molecule has 4 atom stereocenters. The molecule has 0 radical (unpaired) electrons. The van der Waals surface area contributed by atoms with Crippen LogP contribution in [-0.2, 0) is 23.9 Å². The number of hydrogen-bond acceptors (Lipinski definition) is 7. The molecular formula is C20H35N3O7. The number of alkyl carbamates (subject to hydrolysis) is 1. The van der Waals surface area contributed by atoms with Crippen molar-refractivity contribution < 1.29 is 33.8 Å². The van der Waals surface area contributed by atoms with Crippen LogP contribution in [0.25, 0.3) is 0 Å². The van der Waals surface area contributed by atoms with Crippen LogP contribution in [0.3, 0.4) is 0 Å². The minimum atomic E-state index is -1.34. The smallest absolute Gasteiger partial charge is 0.408 e. The van der Waals surface area contributed by atoms with E-state index in [9.17, 15) is 24.3 Å². The third kappa shape index (κ3) is 10.8. The van der Waals surface area contributed by atoms with Crippen LogP contribution in [0.1, 0.15) is 48.0 Å². The second-order valence-electron chi connectivity index (χ2n) is 7.93. The van der Waals surface area contributed by atoms with Gasteiger partial charge >= 0.3 is 12.1 Å². The quantitative estimate of drug-likeness (QED) is 0.279. The van der Waals surface area contributed by atoms with Crippen molar-refractivity contribution in [2.45, 2.75) is 71.8 Å². The Bertz CT molecular complexity index is 614. The Balaban J connectivity index is 5.15. The third-order valence-corrected chi connectivity index (χ3v) is 4.00. The molecule has 0 aromatic heterocycles. The van der Waals surface area contributed by atoms with Crippen molar-refractivity contribution in [1.29, 1.82) is 0 Å². The number of aliphatic hydroxyl groups excluding tert-OH is 1. The summed E-state index contributed by atoms with van der Waals surface area (Å²) in [5, 5.41) is 17.2. The molecule has 0 aliphatic rings. The summed E-state index contributed by atoms with van der Waals surface area (Å²) >= 11 is 0. The van der Waals surface area contributed by atoms with Gasteiger partial charge in [0.05, 0.1) is 6.10 Å². The van der Waals surface area contributed by atoms with Crippen molar-refractivity contribution in [1.82, 2.24) is 16.0 Å². The van der Waals surface area contributed by atoms with Gasteiger partial charge in [0.2, 0.25) is 11.8 Å². The summed E-state index contributed by atoms with van der Waals surface area (Å²) in [5.74, 6) is -2.40. The largest absolute Gasteiger partial charge is 0.460 e. The minimum Gasteiger partial charge on any atom is -0.460 e. The Morgan fingerprint density at radius 1 is 1.07 bits per heavy atom. The highest BCUT2D eigenvalue weighted by Gasteiger charge is 2.33. The van der Waals surface area contributed by atoms with Gasteiger partial charge in [0.25, 0.3) is 0 Å². The fraction of sp³-hybridized carbons (Fsp3) is 0.700. The summed E-state index contributed by atoms with van der Waals surface area (Å²) in [5.41, 5.74) is -0.747. The lowest BCUT2D eigenvalue weighted by atomic mass is 9.97. The monoisotopic (exact) mass is 429 g/mol. The molecule has 0 bridgehead atoms. The zero-order valence-corrected chi connectivity index (χ0v) is 18.6. The first-order valence-electron chi connectivity index (χ1n) is 9.84. The van der Waals surface area contributed by atoms with Crippen LogP contribution in [-0.4, -0.2) is 65.9 Å². The molecule has 0 rings (SSSR count). The van der Waals surface area contributed by atoms with E-state index in [1.807, 2.05) is 6.92 Å². The molecule has 0 unspecified atom stereocenters. The predicted octanol–water partition coefficient (Wildman–Crippen LogP) is 0.637. The van der Waals surface area contributed by atoms with Crippen LogP contribution in [0, 0.1) is 5.92 Å². The van der Waals surface area contributed by atoms with Crippen LogP contribution in [0.2, 0.25) is 0 Å². The highest BCUT2D eigenvalue weighted by atomic mass is 16.6. The third-order valence-electron chi connectivity index (χ3n) is 4.00. The van der Waals surface area contributed by atoms with Gasteiger partial charge in [0, 0.05) is 0 Å². The number of carbonyl (C=O) groups excluding carboxylic acids is 4. The van der Waals surface area contributed by atoms with Crippen molar-refractivity contribution in [3.63, 3.8) is 0 Å². The molecule has 0 aromatic carbocycles. The van der Waals surface area contributed by atoms with Gasteiger partial charge < -0.3 is 30.5 Å². The number of nitrogens with one attached hydrogen (secondary N) is 3. The minimum absolute atomic E-state index is 0.00179. The Morgan fingerprint density at radius 3 is 2.13 bits per heavy atom. The molecule has 0 heterocycles. The SMILES string of the molecule is C=CCOC(=O)CNC(=O)[C@@H](NC(=O)[C@@H](NC(=O)OC(C)(C)C)[C@@H](C)CC)[C@H](C)O. The van der Waals surface area contributed by atoms with E-state index in [0.717, 1.165) is 0 Å². The zero-order chi connectivity index (χ0) is 23.5. The topological polar surface area (TPSA) is 143 Å². The molecule has 10 nitrogen and oxygen atoms in total. The molecule has 0 fully saturated rings. The second-order valence-corrected chi connectivity index (χ2v) is 7.93. The van der Waals surface area contributed by atoms with E-state index in [-0.39, 0.29) is 12.5 Å².